The molecule has 0 aromatic heterocycles. The second kappa shape index (κ2) is 5.98. The molecule has 0 fully saturated rings. The molecule has 0 spiro atoms. The van der Waals surface area contributed by atoms with Crippen molar-refractivity contribution in [2.24, 2.45) is 0 Å². The van der Waals surface area contributed by atoms with Crippen molar-refractivity contribution < 1.29 is 14.6 Å². The highest BCUT2D eigenvalue weighted by Gasteiger charge is 2.20. The molecule has 0 aliphatic heterocycles. The predicted octanol–water partition coefficient (Wildman–Crippen LogP) is 0.642. The lowest BCUT2D eigenvalue weighted by atomic mass is 10.1. The van der Waals surface area contributed by atoms with Crippen molar-refractivity contribution in [3.05, 3.63) is 0 Å². The van der Waals surface area contributed by atoms with Crippen molar-refractivity contribution in [1.29, 1.82) is 0 Å². The van der Waals surface area contributed by atoms with Gasteiger partial charge in [0, 0.05) is 25.6 Å². The minimum atomic E-state index is -0.261. The van der Waals surface area contributed by atoms with Gasteiger partial charge in [0.25, 0.3) is 0 Å². The molecule has 1 N–H and O–H groups in total. The van der Waals surface area contributed by atoms with Crippen LogP contribution < -0.4 is 0 Å². The Bertz CT molecular complexity index is 175. The summed E-state index contributed by atoms with van der Waals surface area (Å²) in [6.45, 7) is 9.36. The van der Waals surface area contributed by atoms with Gasteiger partial charge in [0.15, 0.2) is 0 Å². The number of hydrogen-bond acceptors (Lipinski definition) is 4. The van der Waals surface area contributed by atoms with Crippen molar-refractivity contribution in [1.82, 2.24) is 4.90 Å². The van der Waals surface area contributed by atoms with Gasteiger partial charge in [-0.15, -0.1) is 0 Å². The molecule has 84 valence electrons. The Hall–Kier alpha value is -0.610. The van der Waals surface area contributed by atoms with Crippen LogP contribution in [0.25, 0.3) is 0 Å². The van der Waals surface area contributed by atoms with Crippen LogP contribution in [0.4, 0.5) is 0 Å². The van der Waals surface area contributed by atoms with Crippen LogP contribution >= 0.6 is 0 Å². The fraction of sp³-hybridized carbons (Fsp3) is 0.900. The molecule has 0 radical (unpaired) electrons. The molecule has 0 aromatic rings. The van der Waals surface area contributed by atoms with E-state index >= 15 is 0 Å². The van der Waals surface area contributed by atoms with E-state index in [9.17, 15) is 4.79 Å². The van der Waals surface area contributed by atoms with E-state index in [1.165, 1.54) is 6.92 Å². The maximum Gasteiger partial charge on any atom is 0.302 e. The normalized spacial score (nSPS) is 11.9. The predicted molar refractivity (Wildman–Crippen MR) is 55.0 cm³/mol. The first-order chi connectivity index (χ1) is 6.38. The summed E-state index contributed by atoms with van der Waals surface area (Å²) < 4.78 is 4.85. The van der Waals surface area contributed by atoms with E-state index in [2.05, 4.69) is 25.7 Å². The zero-order valence-electron chi connectivity index (χ0n) is 9.54. The van der Waals surface area contributed by atoms with Crippen molar-refractivity contribution in [3.63, 3.8) is 0 Å². The van der Waals surface area contributed by atoms with E-state index < -0.39 is 0 Å². The van der Waals surface area contributed by atoms with Gasteiger partial charge >= 0.3 is 5.97 Å². The highest BCUT2D eigenvalue weighted by atomic mass is 16.5. The molecule has 0 unspecified atom stereocenters. The Balaban J connectivity index is 3.92. The van der Waals surface area contributed by atoms with Gasteiger partial charge in [-0.05, 0) is 20.8 Å². The fourth-order valence-electron chi connectivity index (χ4n) is 1.20. The van der Waals surface area contributed by atoms with Gasteiger partial charge in [0.05, 0.1) is 6.61 Å². The molecule has 0 bridgehead atoms. The lowest BCUT2D eigenvalue weighted by Gasteiger charge is -2.34. The third kappa shape index (κ3) is 5.94. The molecule has 0 aliphatic rings. The molecule has 0 rings (SSSR count). The average Bonchev–Trinajstić information content (AvgIpc) is 2.00. The van der Waals surface area contributed by atoms with Crippen LogP contribution in [0.5, 0.6) is 0 Å². The molecule has 0 aromatic carbocycles. The Morgan fingerprint density at radius 2 is 1.93 bits per heavy atom. The van der Waals surface area contributed by atoms with E-state index in [-0.39, 0.29) is 18.1 Å². The van der Waals surface area contributed by atoms with E-state index in [4.69, 9.17) is 9.84 Å². The largest absolute Gasteiger partial charge is 0.465 e. The number of nitrogens with zero attached hydrogens (tertiary/aromatic N) is 1. The number of β-amino-alcohol motifs (C(OH)–C–C–N with tert-alkyl or cyclic N) is 1. The zero-order chi connectivity index (χ0) is 11.2. The first kappa shape index (κ1) is 13.4. The Labute approximate surface area is 85.9 Å². The molecule has 4 heteroatoms. The van der Waals surface area contributed by atoms with Crippen molar-refractivity contribution in [3.8, 4) is 0 Å². The van der Waals surface area contributed by atoms with Crippen LogP contribution in [-0.2, 0) is 9.53 Å². The molecule has 0 saturated carbocycles. The lowest BCUT2D eigenvalue weighted by molar-refractivity contribution is -0.141. The Kier molecular flexibility index (Phi) is 5.72. The third-order valence-corrected chi connectivity index (χ3v) is 1.99. The highest BCUT2D eigenvalue weighted by Crippen LogP contribution is 2.11. The standard InChI is InChI=1S/C10H21NO3/c1-9(13)14-8-6-11(5-7-12)10(2,3)4/h12H,5-8H2,1-4H3. The number of carbonyl (C=O) groups excluding carboxylic acids is 1. The van der Waals surface area contributed by atoms with E-state index in [0.29, 0.717) is 19.7 Å². The maximum absolute atomic E-state index is 10.5. The van der Waals surface area contributed by atoms with Crippen LogP contribution in [0.3, 0.4) is 0 Å². The number of rotatable bonds is 5. The summed E-state index contributed by atoms with van der Waals surface area (Å²) in [6, 6.07) is 0. The summed E-state index contributed by atoms with van der Waals surface area (Å²) >= 11 is 0. The van der Waals surface area contributed by atoms with Crippen LogP contribution in [0.2, 0.25) is 0 Å². The quantitative estimate of drug-likeness (QED) is 0.666. The van der Waals surface area contributed by atoms with Gasteiger partial charge < -0.3 is 9.84 Å². The third-order valence-electron chi connectivity index (χ3n) is 1.99. The lowest BCUT2D eigenvalue weighted by Crippen LogP contribution is -2.44. The SMILES string of the molecule is CC(=O)OCCN(CCO)C(C)(C)C. The van der Waals surface area contributed by atoms with Crippen LogP contribution in [0, 0.1) is 0 Å². The molecule has 0 amide bonds. The topological polar surface area (TPSA) is 49.8 Å². The van der Waals surface area contributed by atoms with E-state index in [1.54, 1.807) is 0 Å². The summed E-state index contributed by atoms with van der Waals surface area (Å²) in [5, 5.41) is 8.86. The van der Waals surface area contributed by atoms with Gasteiger partial charge in [-0.2, -0.15) is 0 Å². The summed E-state index contributed by atoms with van der Waals surface area (Å²) in [4.78, 5) is 12.6. The first-order valence-electron chi connectivity index (χ1n) is 4.87. The summed E-state index contributed by atoms with van der Waals surface area (Å²) in [6.07, 6.45) is 0. The maximum atomic E-state index is 10.5. The number of hydrogen-bond donors (Lipinski definition) is 1. The zero-order valence-corrected chi connectivity index (χ0v) is 9.54. The second-order valence-corrected chi connectivity index (χ2v) is 4.22. The molecular weight excluding hydrogens is 182 g/mol. The molecule has 4 nitrogen and oxygen atoms in total. The number of esters is 1. The summed E-state index contributed by atoms with van der Waals surface area (Å²) in [5.74, 6) is -0.261. The van der Waals surface area contributed by atoms with Gasteiger partial charge in [-0.3, -0.25) is 9.69 Å². The number of aliphatic hydroxyl groups excluding tert-OH is 1. The summed E-state index contributed by atoms with van der Waals surface area (Å²) in [7, 11) is 0. The molecule has 0 atom stereocenters. The molecule has 14 heavy (non-hydrogen) atoms. The van der Waals surface area contributed by atoms with Gasteiger partial charge in [-0.1, -0.05) is 0 Å². The monoisotopic (exact) mass is 203 g/mol. The van der Waals surface area contributed by atoms with Crippen LogP contribution in [0.15, 0.2) is 0 Å². The van der Waals surface area contributed by atoms with Crippen LogP contribution in [0.1, 0.15) is 27.7 Å². The molecule has 0 heterocycles. The Morgan fingerprint density at radius 3 is 2.29 bits per heavy atom. The van der Waals surface area contributed by atoms with Crippen molar-refractivity contribution >= 4 is 5.97 Å². The van der Waals surface area contributed by atoms with Gasteiger partial charge in [0.1, 0.15) is 6.61 Å². The Morgan fingerprint density at radius 1 is 1.36 bits per heavy atom. The smallest absolute Gasteiger partial charge is 0.302 e. The molecule has 0 aliphatic carbocycles. The highest BCUT2D eigenvalue weighted by molar-refractivity contribution is 5.65. The number of ether oxygens (including phenoxy) is 1. The molecular formula is C10H21NO3. The minimum absolute atomic E-state index is 0.0110. The van der Waals surface area contributed by atoms with E-state index in [1.807, 2.05) is 0 Å². The second-order valence-electron chi connectivity index (χ2n) is 4.22. The van der Waals surface area contributed by atoms with Gasteiger partial charge in [-0.25, -0.2) is 0 Å². The van der Waals surface area contributed by atoms with Crippen LogP contribution in [-0.4, -0.2) is 47.8 Å². The molecule has 0 saturated heterocycles. The fourth-order valence-corrected chi connectivity index (χ4v) is 1.20. The number of carbonyl (C=O) groups is 1. The van der Waals surface area contributed by atoms with Crippen molar-refractivity contribution in [2.45, 2.75) is 33.2 Å². The summed E-state index contributed by atoms with van der Waals surface area (Å²) in [5.41, 5.74) is -0.0110. The minimum Gasteiger partial charge on any atom is -0.465 e. The van der Waals surface area contributed by atoms with Crippen molar-refractivity contribution in [2.75, 3.05) is 26.3 Å². The van der Waals surface area contributed by atoms with Gasteiger partial charge in [0.2, 0.25) is 0 Å². The van der Waals surface area contributed by atoms with E-state index in [0.717, 1.165) is 0 Å². The average molecular weight is 203 g/mol. The first-order valence-corrected chi connectivity index (χ1v) is 4.87. The number of aliphatic hydroxyl groups is 1.